The van der Waals surface area contributed by atoms with Crippen molar-refractivity contribution in [1.82, 2.24) is 14.1 Å². The molecule has 0 unspecified atom stereocenters. The molecule has 0 aliphatic carbocycles. The molecule has 0 aliphatic rings. The number of aryl methyl sites for hydroxylation is 1. The first-order valence-electron chi connectivity index (χ1n) is 7.02. The van der Waals surface area contributed by atoms with Gasteiger partial charge in [-0.15, -0.1) is 0 Å². The van der Waals surface area contributed by atoms with Crippen LogP contribution in [0.5, 0.6) is 0 Å². The van der Waals surface area contributed by atoms with Crippen molar-refractivity contribution in [2.45, 2.75) is 24.7 Å². The maximum Gasteiger partial charge on any atom is 0.246 e. The van der Waals surface area contributed by atoms with Crippen molar-refractivity contribution in [1.29, 1.82) is 0 Å². The molecule has 0 atom stereocenters. The summed E-state index contributed by atoms with van der Waals surface area (Å²) in [4.78, 5) is 0.259. The van der Waals surface area contributed by atoms with Crippen LogP contribution < -0.4 is 0 Å². The van der Waals surface area contributed by atoms with Crippen LogP contribution in [0.2, 0.25) is 0 Å². The fourth-order valence-corrected chi connectivity index (χ4v) is 3.51. The van der Waals surface area contributed by atoms with Crippen molar-refractivity contribution < 1.29 is 8.42 Å². The maximum absolute atomic E-state index is 12.7. The Labute approximate surface area is 126 Å². The van der Waals surface area contributed by atoms with E-state index >= 15 is 0 Å². The summed E-state index contributed by atoms with van der Waals surface area (Å²) >= 11 is 0. The molecular formula is C15H21N3O2S. The minimum Gasteiger partial charge on any atom is -0.274 e. The summed E-state index contributed by atoms with van der Waals surface area (Å²) in [6, 6.07) is 9.39. The summed E-state index contributed by atoms with van der Waals surface area (Å²) in [5, 5.41) is 4.32. The first kappa shape index (κ1) is 15.7. The van der Waals surface area contributed by atoms with E-state index in [0.29, 0.717) is 12.2 Å². The average molecular weight is 307 g/mol. The van der Waals surface area contributed by atoms with E-state index in [1.54, 1.807) is 25.0 Å². The summed E-state index contributed by atoms with van der Waals surface area (Å²) < 4.78 is 28.4. The second-order valence-corrected chi connectivity index (χ2v) is 7.08. The molecule has 114 valence electrons. The molecule has 6 heteroatoms. The van der Waals surface area contributed by atoms with Gasteiger partial charge in [0.15, 0.2) is 0 Å². The second kappa shape index (κ2) is 6.41. The van der Waals surface area contributed by atoms with Gasteiger partial charge in [-0.3, -0.25) is 4.68 Å². The van der Waals surface area contributed by atoms with E-state index in [4.69, 9.17) is 0 Å². The van der Waals surface area contributed by atoms with Gasteiger partial charge in [0.1, 0.15) is 10.6 Å². The van der Waals surface area contributed by atoms with Gasteiger partial charge in [-0.2, -0.15) is 5.10 Å². The van der Waals surface area contributed by atoms with Gasteiger partial charge >= 0.3 is 0 Å². The van der Waals surface area contributed by atoms with E-state index in [2.05, 4.69) is 5.10 Å². The highest BCUT2D eigenvalue weighted by molar-refractivity contribution is 7.89. The lowest BCUT2D eigenvalue weighted by Crippen LogP contribution is -2.28. The van der Waals surface area contributed by atoms with Gasteiger partial charge in [0.2, 0.25) is 10.0 Å². The minimum atomic E-state index is -3.52. The molecule has 0 radical (unpaired) electrons. The van der Waals surface area contributed by atoms with Crippen LogP contribution in [0.3, 0.4) is 0 Å². The quantitative estimate of drug-likeness (QED) is 0.824. The Morgan fingerprint density at radius 1 is 1.24 bits per heavy atom. The molecule has 0 bridgehead atoms. The van der Waals surface area contributed by atoms with Crippen LogP contribution in [-0.4, -0.2) is 36.1 Å². The molecule has 0 spiro atoms. The summed E-state index contributed by atoms with van der Waals surface area (Å²) in [6.45, 7) is 2.56. The van der Waals surface area contributed by atoms with Crippen LogP contribution in [0.4, 0.5) is 0 Å². The zero-order valence-electron chi connectivity index (χ0n) is 12.7. The zero-order valence-corrected chi connectivity index (χ0v) is 13.5. The minimum absolute atomic E-state index is 0.259. The third-order valence-corrected chi connectivity index (χ3v) is 5.22. The molecule has 2 rings (SSSR count). The lowest BCUT2D eigenvalue weighted by Gasteiger charge is -2.16. The van der Waals surface area contributed by atoms with E-state index in [9.17, 15) is 8.42 Å². The summed E-state index contributed by atoms with van der Waals surface area (Å²) in [7, 11) is -0.168. The standard InChI is InChI=1S/C15H21N3O2S/c1-4-5-11-18(3)21(19,20)14-12-17(2)16-15(14)13-9-7-6-8-10-13/h6-10,12H,4-5,11H2,1-3H3. The SMILES string of the molecule is CCCCN(C)S(=O)(=O)c1cn(C)nc1-c1ccccc1. The normalized spacial score (nSPS) is 12.0. The zero-order chi connectivity index (χ0) is 15.5. The van der Waals surface area contributed by atoms with Gasteiger partial charge in [-0.05, 0) is 6.42 Å². The van der Waals surface area contributed by atoms with Crippen molar-refractivity contribution in [3.8, 4) is 11.3 Å². The molecule has 2 aromatic rings. The highest BCUT2D eigenvalue weighted by atomic mass is 32.2. The molecule has 0 saturated carbocycles. The topological polar surface area (TPSA) is 55.2 Å². The van der Waals surface area contributed by atoms with E-state index in [1.165, 1.54) is 4.31 Å². The van der Waals surface area contributed by atoms with Gasteiger partial charge in [0.05, 0.1) is 0 Å². The van der Waals surface area contributed by atoms with Gasteiger partial charge in [0, 0.05) is 32.4 Å². The smallest absolute Gasteiger partial charge is 0.246 e. The summed E-state index contributed by atoms with van der Waals surface area (Å²) in [6.07, 6.45) is 3.37. The van der Waals surface area contributed by atoms with Gasteiger partial charge in [-0.25, -0.2) is 12.7 Å². The highest BCUT2D eigenvalue weighted by Crippen LogP contribution is 2.27. The van der Waals surface area contributed by atoms with E-state index in [1.807, 2.05) is 37.3 Å². The van der Waals surface area contributed by atoms with E-state index in [0.717, 1.165) is 18.4 Å². The van der Waals surface area contributed by atoms with Gasteiger partial charge in [-0.1, -0.05) is 43.7 Å². The summed E-state index contributed by atoms with van der Waals surface area (Å²) in [5.41, 5.74) is 1.31. The molecule has 0 N–H and O–H groups in total. The molecule has 21 heavy (non-hydrogen) atoms. The number of hydrogen-bond donors (Lipinski definition) is 0. The predicted octanol–water partition coefficient (Wildman–Crippen LogP) is 2.51. The molecule has 1 aromatic heterocycles. The first-order valence-corrected chi connectivity index (χ1v) is 8.46. The number of hydrogen-bond acceptors (Lipinski definition) is 3. The van der Waals surface area contributed by atoms with Crippen LogP contribution in [0.15, 0.2) is 41.4 Å². The number of benzene rings is 1. The molecule has 1 aromatic carbocycles. The van der Waals surface area contributed by atoms with Crippen LogP contribution in [0.1, 0.15) is 19.8 Å². The third-order valence-electron chi connectivity index (χ3n) is 3.36. The van der Waals surface area contributed by atoms with Crippen molar-refractivity contribution in [2.24, 2.45) is 7.05 Å². The molecule has 0 fully saturated rings. The van der Waals surface area contributed by atoms with E-state index in [-0.39, 0.29) is 4.90 Å². The molecule has 5 nitrogen and oxygen atoms in total. The van der Waals surface area contributed by atoms with Crippen molar-refractivity contribution in [3.63, 3.8) is 0 Å². The highest BCUT2D eigenvalue weighted by Gasteiger charge is 2.26. The fraction of sp³-hybridized carbons (Fsp3) is 0.400. The molecule has 0 saturated heterocycles. The molecule has 0 aliphatic heterocycles. The Morgan fingerprint density at radius 2 is 1.90 bits per heavy atom. The molecule has 1 heterocycles. The molecular weight excluding hydrogens is 286 g/mol. The number of rotatable bonds is 6. The van der Waals surface area contributed by atoms with Crippen molar-refractivity contribution in [3.05, 3.63) is 36.5 Å². The van der Waals surface area contributed by atoms with Gasteiger partial charge < -0.3 is 0 Å². The van der Waals surface area contributed by atoms with Crippen LogP contribution in [0.25, 0.3) is 11.3 Å². The Balaban J connectivity index is 2.45. The number of sulfonamides is 1. The maximum atomic E-state index is 12.7. The average Bonchev–Trinajstić information content (AvgIpc) is 2.88. The lowest BCUT2D eigenvalue weighted by molar-refractivity contribution is 0.459. The Bertz CT molecular complexity index is 693. The summed E-state index contributed by atoms with van der Waals surface area (Å²) in [5.74, 6) is 0. The van der Waals surface area contributed by atoms with Gasteiger partial charge in [0.25, 0.3) is 0 Å². The number of nitrogens with zero attached hydrogens (tertiary/aromatic N) is 3. The largest absolute Gasteiger partial charge is 0.274 e. The monoisotopic (exact) mass is 307 g/mol. The van der Waals surface area contributed by atoms with E-state index < -0.39 is 10.0 Å². The lowest BCUT2D eigenvalue weighted by atomic mass is 10.2. The van der Waals surface area contributed by atoms with Crippen LogP contribution >= 0.6 is 0 Å². The fourth-order valence-electron chi connectivity index (χ4n) is 2.12. The van der Waals surface area contributed by atoms with Crippen molar-refractivity contribution >= 4 is 10.0 Å². The third kappa shape index (κ3) is 3.33. The Kier molecular flexibility index (Phi) is 4.80. The Morgan fingerprint density at radius 3 is 2.52 bits per heavy atom. The first-order chi connectivity index (χ1) is 9.96. The predicted molar refractivity (Wildman–Crippen MR) is 83.4 cm³/mol. The number of unbranched alkanes of at least 4 members (excludes halogenated alkanes) is 1. The van der Waals surface area contributed by atoms with Crippen LogP contribution in [-0.2, 0) is 17.1 Å². The molecule has 0 amide bonds. The van der Waals surface area contributed by atoms with Crippen molar-refractivity contribution in [2.75, 3.05) is 13.6 Å². The Hall–Kier alpha value is -1.66. The number of aromatic nitrogens is 2. The van der Waals surface area contributed by atoms with Crippen LogP contribution in [0, 0.1) is 0 Å². The second-order valence-electron chi connectivity index (χ2n) is 5.06.